The first kappa shape index (κ1) is 24.0. The lowest BCUT2D eigenvalue weighted by molar-refractivity contribution is -0.118. The van der Waals surface area contributed by atoms with Gasteiger partial charge >= 0.3 is 0 Å². The molecule has 1 amide bonds. The van der Waals surface area contributed by atoms with E-state index >= 15 is 0 Å². The molecular formula is C25H30N2O7. The van der Waals surface area contributed by atoms with Crippen LogP contribution in [0.3, 0.4) is 0 Å². The Balaban J connectivity index is 1.43. The Kier molecular flexibility index (Phi) is 7.99. The second kappa shape index (κ2) is 11.3. The van der Waals surface area contributed by atoms with Gasteiger partial charge in [-0.05, 0) is 48.4 Å². The normalized spacial score (nSPS) is 19.0. The summed E-state index contributed by atoms with van der Waals surface area (Å²) in [7, 11) is 1.59. The molecule has 2 heterocycles. The minimum absolute atomic E-state index is 0.0615. The molecule has 2 atom stereocenters. The molecule has 9 heteroatoms. The van der Waals surface area contributed by atoms with Gasteiger partial charge in [0.1, 0.15) is 30.8 Å². The van der Waals surface area contributed by atoms with E-state index in [4.69, 9.17) is 18.9 Å². The van der Waals surface area contributed by atoms with Gasteiger partial charge in [-0.15, -0.1) is 0 Å². The maximum absolute atomic E-state index is 12.6. The molecule has 9 nitrogen and oxygen atoms in total. The molecule has 34 heavy (non-hydrogen) atoms. The van der Waals surface area contributed by atoms with Crippen molar-refractivity contribution in [2.45, 2.75) is 25.0 Å². The molecule has 0 bridgehead atoms. The van der Waals surface area contributed by atoms with E-state index in [0.717, 1.165) is 5.75 Å². The van der Waals surface area contributed by atoms with Crippen LogP contribution in [-0.2, 0) is 4.79 Å². The van der Waals surface area contributed by atoms with Crippen LogP contribution in [-0.4, -0.2) is 79.4 Å². The first-order chi connectivity index (χ1) is 16.5. The molecule has 0 aliphatic carbocycles. The van der Waals surface area contributed by atoms with E-state index in [1.54, 1.807) is 49.6 Å². The molecule has 0 spiro atoms. The minimum atomic E-state index is -1.10. The van der Waals surface area contributed by atoms with Crippen molar-refractivity contribution in [1.82, 2.24) is 4.90 Å². The number of likely N-dealkylation sites (tertiary alicyclic amines) is 1. The van der Waals surface area contributed by atoms with Gasteiger partial charge in [0.2, 0.25) is 5.91 Å². The van der Waals surface area contributed by atoms with Crippen molar-refractivity contribution in [2.24, 2.45) is 4.99 Å². The van der Waals surface area contributed by atoms with Crippen LogP contribution in [0, 0.1) is 0 Å². The molecular weight excluding hydrogens is 440 g/mol. The standard InChI is InChI=1S/C25H30N2O7/c1-31-19-3-5-20(6-4-19)32-11-9-24(29)26-21(16-27-10-8-18(28)15-27)25(30)17-2-7-22-23(14-17)34-13-12-33-22/h2-7,14,18,25,28,30H,8-13,15-16H2,1H3/b26-21+/t18-,25+/m0/s1. The minimum Gasteiger partial charge on any atom is -0.497 e. The maximum atomic E-state index is 12.6. The fourth-order valence-electron chi connectivity index (χ4n) is 3.93. The smallest absolute Gasteiger partial charge is 0.249 e. The van der Waals surface area contributed by atoms with Crippen molar-refractivity contribution < 1.29 is 34.0 Å². The molecule has 0 unspecified atom stereocenters. The Bertz CT molecular complexity index is 1010. The zero-order valence-corrected chi connectivity index (χ0v) is 19.2. The largest absolute Gasteiger partial charge is 0.497 e. The molecule has 1 saturated heterocycles. The van der Waals surface area contributed by atoms with Crippen LogP contribution < -0.4 is 18.9 Å². The van der Waals surface area contributed by atoms with Crippen LogP contribution in [0.4, 0.5) is 0 Å². The van der Waals surface area contributed by atoms with Gasteiger partial charge in [-0.3, -0.25) is 9.69 Å². The van der Waals surface area contributed by atoms with E-state index in [2.05, 4.69) is 4.99 Å². The molecule has 0 radical (unpaired) electrons. The number of rotatable bonds is 9. The monoisotopic (exact) mass is 470 g/mol. The first-order valence-electron chi connectivity index (χ1n) is 11.4. The number of nitrogens with zero attached hydrogens (tertiary/aromatic N) is 2. The average molecular weight is 471 g/mol. The second-order valence-electron chi connectivity index (χ2n) is 8.25. The van der Waals surface area contributed by atoms with E-state index in [1.807, 2.05) is 4.90 Å². The number of β-amino-alcohol motifs (C(OH)–C–C–N with tert-alkyl or cyclic N) is 1. The summed E-state index contributed by atoms with van der Waals surface area (Å²) in [5.41, 5.74) is 0.880. The Morgan fingerprint density at radius 3 is 2.59 bits per heavy atom. The number of aliphatic hydroxyl groups is 2. The zero-order valence-electron chi connectivity index (χ0n) is 19.2. The van der Waals surface area contributed by atoms with Crippen molar-refractivity contribution in [3.8, 4) is 23.0 Å². The topological polar surface area (TPSA) is 110 Å². The van der Waals surface area contributed by atoms with E-state index in [-0.39, 0.29) is 25.5 Å². The van der Waals surface area contributed by atoms with E-state index < -0.39 is 12.2 Å². The number of aliphatic imine (C=N–C) groups is 1. The van der Waals surface area contributed by atoms with Gasteiger partial charge in [-0.2, -0.15) is 0 Å². The molecule has 4 rings (SSSR count). The quantitative estimate of drug-likeness (QED) is 0.536. The van der Waals surface area contributed by atoms with Crippen molar-refractivity contribution >= 4 is 11.6 Å². The Hall–Kier alpha value is -3.14. The molecule has 1 fully saturated rings. The number of benzene rings is 2. The third-order valence-electron chi connectivity index (χ3n) is 5.74. The summed E-state index contributed by atoms with van der Waals surface area (Å²) in [5.74, 6) is 2.13. The van der Waals surface area contributed by atoms with Gasteiger partial charge in [0.05, 0.1) is 32.0 Å². The third-order valence-corrected chi connectivity index (χ3v) is 5.74. The molecule has 0 saturated carbocycles. The summed E-state index contributed by atoms with van der Waals surface area (Å²) in [6.45, 7) is 2.49. The van der Waals surface area contributed by atoms with Gasteiger partial charge < -0.3 is 29.2 Å². The van der Waals surface area contributed by atoms with Gasteiger partial charge in [0.25, 0.3) is 0 Å². The van der Waals surface area contributed by atoms with Gasteiger partial charge in [0.15, 0.2) is 11.5 Å². The van der Waals surface area contributed by atoms with Crippen LogP contribution in [0.25, 0.3) is 0 Å². The van der Waals surface area contributed by atoms with Crippen LogP contribution in [0.1, 0.15) is 24.5 Å². The van der Waals surface area contributed by atoms with Crippen LogP contribution in [0.2, 0.25) is 0 Å². The summed E-state index contributed by atoms with van der Waals surface area (Å²) in [4.78, 5) is 18.9. The van der Waals surface area contributed by atoms with Crippen molar-refractivity contribution in [1.29, 1.82) is 0 Å². The predicted molar refractivity (Wildman–Crippen MR) is 125 cm³/mol. The highest BCUT2D eigenvalue weighted by atomic mass is 16.6. The average Bonchev–Trinajstić information content (AvgIpc) is 3.27. The third kappa shape index (κ3) is 6.25. The molecule has 0 aromatic heterocycles. The summed E-state index contributed by atoms with van der Waals surface area (Å²) in [6, 6.07) is 12.3. The van der Waals surface area contributed by atoms with E-state index in [9.17, 15) is 15.0 Å². The number of fused-ring (bicyclic) bond motifs is 1. The maximum Gasteiger partial charge on any atom is 0.249 e. The summed E-state index contributed by atoms with van der Waals surface area (Å²) >= 11 is 0. The molecule has 2 aliphatic heterocycles. The SMILES string of the molecule is COc1ccc(OCCC(=O)/N=C(\CN2CC[C@H](O)C2)[C@H](O)c2ccc3c(c2)OCCO3)cc1. The summed E-state index contributed by atoms with van der Waals surface area (Å²) < 4.78 is 21.9. The highest BCUT2D eigenvalue weighted by molar-refractivity contribution is 6.00. The van der Waals surface area contributed by atoms with Crippen molar-refractivity contribution in [3.05, 3.63) is 48.0 Å². The number of ether oxygens (including phenoxy) is 4. The lowest BCUT2D eigenvalue weighted by Gasteiger charge is -2.23. The Labute approximate surface area is 198 Å². The molecule has 2 aromatic rings. The lowest BCUT2D eigenvalue weighted by atomic mass is 10.0. The highest BCUT2D eigenvalue weighted by Crippen LogP contribution is 2.33. The van der Waals surface area contributed by atoms with Crippen LogP contribution >= 0.6 is 0 Å². The number of aliphatic hydroxyl groups excluding tert-OH is 2. The fourth-order valence-corrected chi connectivity index (χ4v) is 3.93. The number of amides is 1. The van der Waals surface area contributed by atoms with Gasteiger partial charge in [-0.25, -0.2) is 4.99 Å². The summed E-state index contributed by atoms with van der Waals surface area (Å²) in [5, 5.41) is 21.0. The van der Waals surface area contributed by atoms with Gasteiger partial charge in [0, 0.05) is 19.6 Å². The fraction of sp³-hybridized carbons (Fsp3) is 0.440. The molecule has 2 aromatic carbocycles. The molecule has 2 N–H and O–H groups in total. The molecule has 2 aliphatic rings. The van der Waals surface area contributed by atoms with Crippen LogP contribution in [0.15, 0.2) is 47.5 Å². The first-order valence-corrected chi connectivity index (χ1v) is 11.4. The van der Waals surface area contributed by atoms with Gasteiger partial charge in [-0.1, -0.05) is 6.07 Å². The number of carbonyl (C=O) groups excluding carboxylic acids is 1. The number of hydrogen-bond donors (Lipinski definition) is 2. The predicted octanol–water partition coefficient (Wildman–Crippen LogP) is 2.00. The van der Waals surface area contributed by atoms with E-state index in [0.29, 0.717) is 61.2 Å². The van der Waals surface area contributed by atoms with Crippen molar-refractivity contribution in [3.63, 3.8) is 0 Å². The summed E-state index contributed by atoms with van der Waals surface area (Å²) in [6.07, 6.45) is -0.801. The molecule has 182 valence electrons. The Morgan fingerprint density at radius 2 is 1.88 bits per heavy atom. The number of methoxy groups -OCH3 is 1. The van der Waals surface area contributed by atoms with Crippen LogP contribution in [0.5, 0.6) is 23.0 Å². The zero-order chi connectivity index (χ0) is 23.9. The number of carbonyl (C=O) groups is 1. The second-order valence-corrected chi connectivity index (χ2v) is 8.25. The Morgan fingerprint density at radius 1 is 1.15 bits per heavy atom. The van der Waals surface area contributed by atoms with E-state index in [1.165, 1.54) is 0 Å². The van der Waals surface area contributed by atoms with Crippen molar-refractivity contribution in [2.75, 3.05) is 46.6 Å². The number of hydrogen-bond acceptors (Lipinski definition) is 8. The lowest BCUT2D eigenvalue weighted by Crippen LogP contribution is -2.32. The highest BCUT2D eigenvalue weighted by Gasteiger charge is 2.26.